The Morgan fingerprint density at radius 2 is 1.63 bits per heavy atom. The molecule has 0 radical (unpaired) electrons. The highest BCUT2D eigenvalue weighted by atomic mass is 16.5. The average Bonchev–Trinajstić information content (AvgIpc) is 3.07. The first kappa shape index (κ1) is 25.3. The van der Waals surface area contributed by atoms with Crippen LogP contribution in [-0.2, 0) is 14.4 Å². The lowest BCUT2D eigenvalue weighted by atomic mass is 9.78. The number of carboxylic acid groups (broad SMARTS) is 1. The van der Waals surface area contributed by atoms with E-state index in [-0.39, 0.29) is 30.4 Å². The molecule has 2 unspecified atom stereocenters. The molecule has 0 saturated carbocycles. The Morgan fingerprint density at radius 3 is 2.32 bits per heavy atom. The fourth-order valence-corrected chi connectivity index (χ4v) is 5.38. The van der Waals surface area contributed by atoms with Gasteiger partial charge in [-0.05, 0) is 54.7 Å². The maximum atomic E-state index is 14.0. The van der Waals surface area contributed by atoms with E-state index < -0.39 is 12.0 Å². The summed E-state index contributed by atoms with van der Waals surface area (Å²) in [7, 11) is 1.58. The number of para-hydroxylation sites is 2. The zero-order valence-electron chi connectivity index (χ0n) is 21.4. The summed E-state index contributed by atoms with van der Waals surface area (Å²) in [6.45, 7) is 2.04. The number of Topliss-reactive ketones (excluding diaryl/α,β-unsaturated/α-hetero) is 1. The minimum Gasteiger partial charge on any atom is -0.497 e. The monoisotopic (exact) mass is 510 g/mol. The first-order valence-corrected chi connectivity index (χ1v) is 12.7. The number of ketones is 1. The van der Waals surface area contributed by atoms with Gasteiger partial charge in [-0.25, -0.2) is 0 Å². The van der Waals surface area contributed by atoms with Gasteiger partial charge in [-0.2, -0.15) is 0 Å². The molecule has 0 bridgehead atoms. The summed E-state index contributed by atoms with van der Waals surface area (Å²) in [5, 5.41) is 12.8. The van der Waals surface area contributed by atoms with E-state index in [1.165, 1.54) is 0 Å². The van der Waals surface area contributed by atoms with Crippen molar-refractivity contribution in [2.75, 3.05) is 17.3 Å². The number of amides is 1. The number of rotatable bonds is 6. The van der Waals surface area contributed by atoms with Gasteiger partial charge in [-0.1, -0.05) is 54.1 Å². The van der Waals surface area contributed by atoms with Crippen molar-refractivity contribution in [1.29, 1.82) is 0 Å². The molecule has 5 rings (SSSR count). The molecule has 0 spiro atoms. The van der Waals surface area contributed by atoms with Crippen molar-refractivity contribution in [2.24, 2.45) is 0 Å². The number of nitrogens with zero attached hydrogens (tertiary/aromatic N) is 1. The highest BCUT2D eigenvalue weighted by molar-refractivity contribution is 6.06. The van der Waals surface area contributed by atoms with E-state index in [0.717, 1.165) is 22.4 Å². The number of aryl methyl sites for hydroxylation is 1. The van der Waals surface area contributed by atoms with Crippen molar-refractivity contribution < 1.29 is 24.2 Å². The van der Waals surface area contributed by atoms with Gasteiger partial charge in [0.1, 0.15) is 5.75 Å². The Balaban J connectivity index is 1.67. The number of hydrogen-bond acceptors (Lipinski definition) is 5. The molecule has 194 valence electrons. The number of carbonyl (C=O) groups excluding carboxylic acids is 2. The van der Waals surface area contributed by atoms with E-state index >= 15 is 0 Å². The number of benzene rings is 3. The van der Waals surface area contributed by atoms with Crippen LogP contribution < -0.4 is 15.0 Å². The minimum atomic E-state index is -1.05. The van der Waals surface area contributed by atoms with Gasteiger partial charge in [-0.3, -0.25) is 19.3 Å². The van der Waals surface area contributed by atoms with E-state index in [1.807, 2.05) is 55.5 Å². The summed E-state index contributed by atoms with van der Waals surface area (Å²) in [5.74, 6) is -0.769. The number of anilines is 2. The Hall–Kier alpha value is -4.39. The van der Waals surface area contributed by atoms with Gasteiger partial charge in [0, 0.05) is 24.1 Å². The molecule has 0 aromatic heterocycles. The molecule has 38 heavy (non-hydrogen) atoms. The van der Waals surface area contributed by atoms with Crippen LogP contribution in [0.25, 0.3) is 0 Å². The second-order valence-corrected chi connectivity index (χ2v) is 9.81. The van der Waals surface area contributed by atoms with Gasteiger partial charge in [0.15, 0.2) is 5.78 Å². The van der Waals surface area contributed by atoms with E-state index in [9.17, 15) is 19.5 Å². The topological polar surface area (TPSA) is 95.9 Å². The van der Waals surface area contributed by atoms with Gasteiger partial charge >= 0.3 is 5.97 Å². The van der Waals surface area contributed by atoms with Gasteiger partial charge < -0.3 is 15.2 Å². The van der Waals surface area contributed by atoms with Crippen LogP contribution in [0.3, 0.4) is 0 Å². The summed E-state index contributed by atoms with van der Waals surface area (Å²) >= 11 is 0. The second kappa shape index (κ2) is 10.5. The second-order valence-electron chi connectivity index (χ2n) is 9.81. The number of hydrogen-bond donors (Lipinski definition) is 2. The lowest BCUT2D eigenvalue weighted by molar-refractivity contribution is -0.138. The number of nitrogens with one attached hydrogen (secondary N) is 1. The number of fused-ring (bicyclic) bond motifs is 1. The van der Waals surface area contributed by atoms with Crippen molar-refractivity contribution in [3.8, 4) is 5.75 Å². The van der Waals surface area contributed by atoms with E-state index in [1.54, 1.807) is 12.0 Å². The van der Waals surface area contributed by atoms with Crippen molar-refractivity contribution in [2.45, 2.75) is 44.6 Å². The standard InChI is InChI=1S/C31H30N2O5/c1-19-7-9-20(10-8-19)22-17-25-30(27(34)18-22)31(21-11-13-23(38-2)14-12-21)33(28(35)15-16-29(36)37)26-6-4-3-5-24(26)32-25/h3-14,22,31-32H,15-18H2,1-2H3,(H,36,37). The first-order chi connectivity index (χ1) is 18.4. The van der Waals surface area contributed by atoms with Gasteiger partial charge in [0.05, 0.1) is 30.9 Å². The van der Waals surface area contributed by atoms with Crippen LogP contribution in [0.4, 0.5) is 11.4 Å². The van der Waals surface area contributed by atoms with Crippen LogP contribution in [0.5, 0.6) is 5.75 Å². The zero-order valence-corrected chi connectivity index (χ0v) is 21.4. The highest BCUT2D eigenvalue weighted by Crippen LogP contribution is 2.47. The van der Waals surface area contributed by atoms with Gasteiger partial charge in [0.2, 0.25) is 5.91 Å². The van der Waals surface area contributed by atoms with Crippen molar-refractivity contribution in [3.63, 3.8) is 0 Å². The predicted molar refractivity (Wildman–Crippen MR) is 145 cm³/mol. The molecule has 3 aromatic rings. The minimum absolute atomic E-state index is 0.00675. The maximum absolute atomic E-state index is 14.0. The highest BCUT2D eigenvalue weighted by Gasteiger charge is 2.41. The van der Waals surface area contributed by atoms with Crippen LogP contribution in [0.15, 0.2) is 84.1 Å². The number of methoxy groups -OCH3 is 1. The van der Waals surface area contributed by atoms with Crippen LogP contribution >= 0.6 is 0 Å². The van der Waals surface area contributed by atoms with E-state index in [0.29, 0.717) is 35.5 Å². The van der Waals surface area contributed by atoms with Crippen LogP contribution in [0.2, 0.25) is 0 Å². The molecule has 0 fully saturated rings. The molecule has 2 atom stereocenters. The summed E-state index contributed by atoms with van der Waals surface area (Å²) in [4.78, 5) is 40.6. The lowest BCUT2D eigenvalue weighted by Crippen LogP contribution is -2.38. The molecule has 1 heterocycles. The van der Waals surface area contributed by atoms with Crippen molar-refractivity contribution in [3.05, 3.63) is 101 Å². The summed E-state index contributed by atoms with van der Waals surface area (Å²) in [5.41, 5.74) is 5.65. The molecule has 0 saturated heterocycles. The molecule has 3 aromatic carbocycles. The quantitative estimate of drug-likeness (QED) is 0.437. The van der Waals surface area contributed by atoms with Crippen molar-refractivity contribution in [1.82, 2.24) is 0 Å². The first-order valence-electron chi connectivity index (χ1n) is 12.7. The summed E-state index contributed by atoms with van der Waals surface area (Å²) < 4.78 is 5.34. The molecule has 7 heteroatoms. The zero-order chi connectivity index (χ0) is 26.8. The molecule has 2 N–H and O–H groups in total. The number of carboxylic acids is 1. The summed E-state index contributed by atoms with van der Waals surface area (Å²) in [6.07, 6.45) is 0.459. The molecule has 2 aliphatic rings. The molecule has 1 amide bonds. The largest absolute Gasteiger partial charge is 0.497 e. The normalized spacial score (nSPS) is 18.7. The van der Waals surface area contributed by atoms with Crippen LogP contribution in [0.1, 0.15) is 54.3 Å². The molecule has 7 nitrogen and oxygen atoms in total. The van der Waals surface area contributed by atoms with Gasteiger partial charge in [0.25, 0.3) is 0 Å². The Bertz CT molecular complexity index is 1410. The van der Waals surface area contributed by atoms with Gasteiger partial charge in [-0.15, -0.1) is 0 Å². The third-order valence-electron chi connectivity index (χ3n) is 7.29. The number of carbonyl (C=O) groups is 3. The SMILES string of the molecule is COc1ccc(C2C3=C(CC(c4ccc(C)cc4)CC3=O)Nc3ccccc3N2C(=O)CCC(=O)O)cc1. The predicted octanol–water partition coefficient (Wildman–Crippen LogP) is 5.77. The van der Waals surface area contributed by atoms with Crippen LogP contribution in [0, 0.1) is 6.92 Å². The maximum Gasteiger partial charge on any atom is 0.303 e. The number of allylic oxidation sites excluding steroid dienone is 1. The third kappa shape index (κ3) is 4.92. The smallest absolute Gasteiger partial charge is 0.303 e. The van der Waals surface area contributed by atoms with E-state index in [2.05, 4.69) is 29.6 Å². The fourth-order valence-electron chi connectivity index (χ4n) is 5.38. The molecule has 1 aliphatic heterocycles. The third-order valence-corrected chi connectivity index (χ3v) is 7.29. The van der Waals surface area contributed by atoms with Crippen molar-refractivity contribution >= 4 is 29.0 Å². The number of aliphatic carboxylic acids is 1. The lowest BCUT2D eigenvalue weighted by Gasteiger charge is -2.35. The Labute approximate surface area is 221 Å². The average molecular weight is 511 g/mol. The molecular weight excluding hydrogens is 480 g/mol. The van der Waals surface area contributed by atoms with Crippen LogP contribution in [-0.4, -0.2) is 29.9 Å². The molecule has 1 aliphatic carbocycles. The molecular formula is C31H30N2O5. The Morgan fingerprint density at radius 1 is 0.947 bits per heavy atom. The van der Waals surface area contributed by atoms with E-state index in [4.69, 9.17) is 4.74 Å². The Kier molecular flexibility index (Phi) is 7.01. The fraction of sp³-hybridized carbons (Fsp3) is 0.258. The summed E-state index contributed by atoms with van der Waals surface area (Å²) in [6, 6.07) is 22.3. The number of ether oxygens (including phenoxy) is 1.